The third-order valence-corrected chi connectivity index (χ3v) is 6.09. The molecule has 2 aromatic carbocycles. The lowest BCUT2D eigenvalue weighted by atomic mass is 9.70. The first-order valence-corrected chi connectivity index (χ1v) is 11.0. The van der Waals surface area contributed by atoms with Crippen LogP contribution in [0.5, 0.6) is 5.75 Å². The van der Waals surface area contributed by atoms with Crippen molar-refractivity contribution in [3.8, 4) is 16.9 Å². The number of ether oxygens (including phenoxy) is 1. The van der Waals surface area contributed by atoms with E-state index in [9.17, 15) is 4.79 Å². The third kappa shape index (κ3) is 5.05. The number of carbonyl (C=O) groups excluding carboxylic acids is 1. The van der Waals surface area contributed by atoms with Crippen molar-refractivity contribution in [3.63, 3.8) is 0 Å². The minimum atomic E-state index is -0.600. The topological polar surface area (TPSA) is 64.1 Å². The summed E-state index contributed by atoms with van der Waals surface area (Å²) in [6.07, 6.45) is 0.915. The Kier molecular flexibility index (Phi) is 6.87. The monoisotopic (exact) mass is 423 g/mol. The molecule has 30 heavy (non-hydrogen) atoms. The van der Waals surface area contributed by atoms with Gasteiger partial charge in [-0.15, -0.1) is 10.2 Å². The van der Waals surface area contributed by atoms with E-state index in [1.54, 1.807) is 12.6 Å². The molecule has 0 aliphatic rings. The van der Waals surface area contributed by atoms with Crippen LogP contribution in [0.25, 0.3) is 11.1 Å². The fraction of sp³-hybridized carbons (Fsp3) is 0.375. The lowest BCUT2D eigenvalue weighted by Crippen LogP contribution is -2.37. The zero-order valence-corrected chi connectivity index (χ0v) is 19.0. The van der Waals surface area contributed by atoms with Crippen LogP contribution >= 0.6 is 11.3 Å². The summed E-state index contributed by atoms with van der Waals surface area (Å²) in [6.45, 7) is 8.40. The van der Waals surface area contributed by atoms with E-state index in [0.29, 0.717) is 11.0 Å². The molecule has 0 saturated carbocycles. The highest BCUT2D eigenvalue weighted by Crippen LogP contribution is 2.41. The maximum atomic E-state index is 13.1. The maximum absolute atomic E-state index is 13.1. The van der Waals surface area contributed by atoms with Crippen molar-refractivity contribution >= 4 is 22.4 Å². The molecule has 0 spiro atoms. The Morgan fingerprint density at radius 3 is 2.17 bits per heavy atom. The number of benzene rings is 2. The van der Waals surface area contributed by atoms with Crippen molar-refractivity contribution in [1.82, 2.24) is 10.2 Å². The Labute approximate surface area is 182 Å². The SMILES string of the molecule is COc1ccc(-c2ccc(C(CC(C)C)C(C)(C)C(=O)Nc3nncs3)cc2)cc1. The average Bonchev–Trinajstić information content (AvgIpc) is 3.25. The molecule has 5 nitrogen and oxygen atoms in total. The van der Waals surface area contributed by atoms with Gasteiger partial charge in [0.05, 0.1) is 12.5 Å². The van der Waals surface area contributed by atoms with Crippen molar-refractivity contribution in [2.24, 2.45) is 11.3 Å². The highest BCUT2D eigenvalue weighted by molar-refractivity contribution is 7.13. The lowest BCUT2D eigenvalue weighted by Gasteiger charge is -2.34. The van der Waals surface area contributed by atoms with Crippen LogP contribution in [0.1, 0.15) is 45.6 Å². The van der Waals surface area contributed by atoms with Crippen LogP contribution in [0.15, 0.2) is 54.0 Å². The van der Waals surface area contributed by atoms with E-state index in [0.717, 1.165) is 23.3 Å². The Bertz CT molecular complexity index is 949. The Balaban J connectivity index is 1.86. The summed E-state index contributed by atoms with van der Waals surface area (Å²) >= 11 is 1.33. The van der Waals surface area contributed by atoms with Crippen LogP contribution in [0, 0.1) is 11.3 Å². The molecule has 6 heteroatoms. The van der Waals surface area contributed by atoms with Crippen molar-refractivity contribution in [2.45, 2.75) is 40.0 Å². The number of hydrogen-bond acceptors (Lipinski definition) is 5. The van der Waals surface area contributed by atoms with E-state index >= 15 is 0 Å². The summed E-state index contributed by atoms with van der Waals surface area (Å²) in [5.41, 5.74) is 4.46. The molecule has 1 atom stereocenters. The first-order chi connectivity index (χ1) is 14.3. The Morgan fingerprint density at radius 2 is 1.67 bits per heavy atom. The summed E-state index contributed by atoms with van der Waals surface area (Å²) in [5.74, 6) is 1.35. The van der Waals surface area contributed by atoms with Gasteiger partial charge in [0.2, 0.25) is 11.0 Å². The van der Waals surface area contributed by atoms with Gasteiger partial charge in [0.25, 0.3) is 0 Å². The van der Waals surface area contributed by atoms with Crippen molar-refractivity contribution in [1.29, 1.82) is 0 Å². The summed E-state index contributed by atoms with van der Waals surface area (Å²) in [7, 11) is 1.67. The number of rotatable bonds is 8. The molecule has 1 heterocycles. The highest BCUT2D eigenvalue weighted by atomic mass is 32.1. The van der Waals surface area contributed by atoms with Gasteiger partial charge >= 0.3 is 0 Å². The molecular formula is C24H29N3O2S. The van der Waals surface area contributed by atoms with Gasteiger partial charge in [-0.05, 0) is 47.1 Å². The Hall–Kier alpha value is -2.73. The van der Waals surface area contributed by atoms with E-state index in [-0.39, 0.29) is 11.8 Å². The molecule has 158 valence electrons. The minimum Gasteiger partial charge on any atom is -0.497 e. The number of nitrogens with one attached hydrogen (secondary N) is 1. The number of nitrogens with zero attached hydrogens (tertiary/aromatic N) is 2. The first kappa shape index (κ1) is 22.0. The molecule has 0 radical (unpaired) electrons. The van der Waals surface area contributed by atoms with E-state index in [1.807, 2.05) is 26.0 Å². The first-order valence-electron chi connectivity index (χ1n) is 10.1. The molecule has 1 unspecified atom stereocenters. The molecule has 0 aliphatic heterocycles. The second-order valence-corrected chi connectivity index (χ2v) is 9.29. The van der Waals surface area contributed by atoms with E-state index in [1.165, 1.54) is 16.9 Å². The van der Waals surface area contributed by atoms with Crippen LogP contribution in [0.3, 0.4) is 0 Å². The number of hydrogen-bond donors (Lipinski definition) is 1. The standard InChI is InChI=1S/C24H29N3O2S/c1-16(2)14-21(24(3,4)22(28)26-23-27-25-15-30-23)19-8-6-17(7-9-19)18-10-12-20(29-5)13-11-18/h6-13,15-16,21H,14H2,1-5H3,(H,26,27,28). The molecule has 0 fully saturated rings. The lowest BCUT2D eigenvalue weighted by molar-refractivity contribution is -0.125. The molecule has 3 rings (SSSR count). The summed E-state index contributed by atoms with van der Waals surface area (Å²) in [4.78, 5) is 13.1. The van der Waals surface area contributed by atoms with Crippen molar-refractivity contribution < 1.29 is 9.53 Å². The van der Waals surface area contributed by atoms with Gasteiger partial charge < -0.3 is 10.1 Å². The number of methoxy groups -OCH3 is 1. The quantitative estimate of drug-likeness (QED) is 0.482. The largest absolute Gasteiger partial charge is 0.497 e. The third-order valence-electron chi connectivity index (χ3n) is 5.48. The molecule has 3 aromatic rings. The van der Waals surface area contributed by atoms with Crippen LogP contribution in [0.2, 0.25) is 0 Å². The smallest absolute Gasteiger partial charge is 0.232 e. The summed E-state index contributed by atoms with van der Waals surface area (Å²) in [5, 5.41) is 11.2. The fourth-order valence-electron chi connectivity index (χ4n) is 3.65. The second kappa shape index (κ2) is 9.39. The van der Waals surface area contributed by atoms with E-state index in [4.69, 9.17) is 4.74 Å². The zero-order valence-electron chi connectivity index (χ0n) is 18.2. The van der Waals surface area contributed by atoms with Gasteiger partial charge in [0.15, 0.2) is 0 Å². The molecule has 1 aromatic heterocycles. The zero-order chi connectivity index (χ0) is 21.7. The average molecular weight is 424 g/mol. The molecule has 0 bridgehead atoms. The van der Waals surface area contributed by atoms with Crippen LogP contribution in [0.4, 0.5) is 5.13 Å². The maximum Gasteiger partial charge on any atom is 0.232 e. The predicted molar refractivity (Wildman–Crippen MR) is 123 cm³/mol. The fourth-order valence-corrected chi connectivity index (χ4v) is 4.09. The van der Waals surface area contributed by atoms with Gasteiger partial charge in [-0.1, -0.05) is 75.4 Å². The number of anilines is 1. The number of amides is 1. The van der Waals surface area contributed by atoms with Crippen LogP contribution < -0.4 is 10.1 Å². The predicted octanol–water partition coefficient (Wildman–Crippen LogP) is 6.01. The van der Waals surface area contributed by atoms with Crippen molar-refractivity contribution in [2.75, 3.05) is 12.4 Å². The van der Waals surface area contributed by atoms with Gasteiger partial charge in [-0.2, -0.15) is 0 Å². The molecule has 1 N–H and O–H groups in total. The minimum absolute atomic E-state index is 0.0378. The normalized spacial score (nSPS) is 12.6. The summed E-state index contributed by atoms with van der Waals surface area (Å²) in [6, 6.07) is 16.6. The number of carbonyl (C=O) groups is 1. The van der Waals surface area contributed by atoms with E-state index in [2.05, 4.69) is 65.8 Å². The molecule has 0 saturated heterocycles. The molecule has 1 amide bonds. The van der Waals surface area contributed by atoms with Crippen molar-refractivity contribution in [3.05, 3.63) is 59.6 Å². The molecular weight excluding hydrogens is 394 g/mol. The van der Waals surface area contributed by atoms with Crippen LogP contribution in [-0.2, 0) is 4.79 Å². The number of aromatic nitrogens is 2. The Morgan fingerprint density at radius 1 is 1.07 bits per heavy atom. The molecule has 0 aliphatic carbocycles. The summed E-state index contributed by atoms with van der Waals surface area (Å²) < 4.78 is 5.24. The highest BCUT2D eigenvalue weighted by Gasteiger charge is 2.38. The van der Waals surface area contributed by atoms with Gasteiger partial charge in [0.1, 0.15) is 11.3 Å². The second-order valence-electron chi connectivity index (χ2n) is 8.45. The van der Waals surface area contributed by atoms with Gasteiger partial charge in [0, 0.05) is 0 Å². The van der Waals surface area contributed by atoms with Crippen LogP contribution in [-0.4, -0.2) is 23.2 Å². The van der Waals surface area contributed by atoms with Gasteiger partial charge in [-0.25, -0.2) is 0 Å². The van der Waals surface area contributed by atoms with Gasteiger partial charge in [-0.3, -0.25) is 4.79 Å². The van der Waals surface area contributed by atoms with E-state index < -0.39 is 5.41 Å².